The standard InChI is InChI=1S/C22H28FN5O4/c1-22(2,3)32-21(31)28-11-9-27(10-12-28)15-7-5-13-18(25-26(4)19(13)17(15)23)14-6-8-16(29)24-20(14)30/h5,7,14H,6,8-12H2,1-4H3,(H,24,29,30). The first kappa shape index (κ1) is 22.0. The fourth-order valence-corrected chi connectivity index (χ4v) is 4.25. The highest BCUT2D eigenvalue weighted by molar-refractivity contribution is 6.02. The summed E-state index contributed by atoms with van der Waals surface area (Å²) in [6.07, 6.45) is 0.220. The van der Waals surface area contributed by atoms with Gasteiger partial charge in [-0.25, -0.2) is 9.18 Å². The maximum absolute atomic E-state index is 15.6. The summed E-state index contributed by atoms with van der Waals surface area (Å²) < 4.78 is 22.4. The number of piperazine rings is 1. The zero-order valence-electron chi connectivity index (χ0n) is 18.8. The van der Waals surface area contributed by atoms with Gasteiger partial charge in [-0.3, -0.25) is 19.6 Å². The predicted molar refractivity (Wildman–Crippen MR) is 116 cm³/mol. The fraction of sp³-hybridized carbons (Fsp3) is 0.545. The molecule has 1 atom stereocenters. The van der Waals surface area contributed by atoms with Gasteiger partial charge in [0.1, 0.15) is 11.1 Å². The highest BCUT2D eigenvalue weighted by Gasteiger charge is 2.33. The molecule has 1 aromatic carbocycles. The number of aryl methyl sites for hydroxylation is 1. The highest BCUT2D eigenvalue weighted by Crippen LogP contribution is 2.34. The molecule has 2 aliphatic heterocycles. The van der Waals surface area contributed by atoms with Crippen LogP contribution in [0.3, 0.4) is 0 Å². The number of nitrogens with one attached hydrogen (secondary N) is 1. The van der Waals surface area contributed by atoms with E-state index in [0.29, 0.717) is 54.9 Å². The zero-order valence-corrected chi connectivity index (χ0v) is 18.8. The second-order valence-electron chi connectivity index (χ2n) is 9.26. The first-order chi connectivity index (χ1) is 15.0. The molecule has 0 bridgehead atoms. The minimum absolute atomic E-state index is 0.233. The number of imide groups is 1. The van der Waals surface area contributed by atoms with Gasteiger partial charge in [0.25, 0.3) is 0 Å². The Hall–Kier alpha value is -3.17. The largest absolute Gasteiger partial charge is 0.444 e. The quantitative estimate of drug-likeness (QED) is 0.713. The molecule has 2 aliphatic rings. The fourth-order valence-electron chi connectivity index (χ4n) is 4.25. The van der Waals surface area contributed by atoms with Crippen LogP contribution < -0.4 is 10.2 Å². The van der Waals surface area contributed by atoms with Crippen molar-refractivity contribution in [3.63, 3.8) is 0 Å². The van der Waals surface area contributed by atoms with E-state index in [9.17, 15) is 14.4 Å². The summed E-state index contributed by atoms with van der Waals surface area (Å²) in [6.45, 7) is 7.27. The minimum atomic E-state index is -0.584. The van der Waals surface area contributed by atoms with Gasteiger partial charge < -0.3 is 14.5 Å². The van der Waals surface area contributed by atoms with Crippen molar-refractivity contribution >= 4 is 34.5 Å². The van der Waals surface area contributed by atoms with Gasteiger partial charge in [-0.1, -0.05) is 0 Å². The number of rotatable bonds is 2. The normalized spacial score (nSPS) is 20.0. The van der Waals surface area contributed by atoms with Crippen molar-refractivity contribution in [2.75, 3.05) is 31.1 Å². The van der Waals surface area contributed by atoms with Gasteiger partial charge in [0.05, 0.1) is 17.3 Å². The van der Waals surface area contributed by atoms with Gasteiger partial charge in [0.2, 0.25) is 11.8 Å². The molecular formula is C22H28FN5O4. The molecule has 3 heterocycles. The van der Waals surface area contributed by atoms with Crippen molar-refractivity contribution in [2.24, 2.45) is 7.05 Å². The summed E-state index contributed by atoms with van der Waals surface area (Å²) in [6, 6.07) is 3.47. The third-order valence-electron chi connectivity index (χ3n) is 5.79. The molecule has 0 aliphatic carbocycles. The summed E-state index contributed by atoms with van der Waals surface area (Å²) in [5, 5.41) is 7.32. The molecule has 172 valence electrons. The van der Waals surface area contributed by atoms with E-state index in [1.165, 1.54) is 4.68 Å². The van der Waals surface area contributed by atoms with Crippen LogP contribution in [0.5, 0.6) is 0 Å². The van der Waals surface area contributed by atoms with Crippen molar-refractivity contribution in [2.45, 2.75) is 45.1 Å². The van der Waals surface area contributed by atoms with E-state index in [4.69, 9.17) is 4.74 Å². The molecular weight excluding hydrogens is 417 g/mol. The van der Waals surface area contributed by atoms with Crippen molar-refractivity contribution in [1.82, 2.24) is 20.0 Å². The van der Waals surface area contributed by atoms with Gasteiger partial charge in [-0.05, 0) is 39.3 Å². The molecule has 1 unspecified atom stereocenters. The lowest BCUT2D eigenvalue weighted by atomic mass is 9.92. The smallest absolute Gasteiger partial charge is 0.410 e. The predicted octanol–water partition coefficient (Wildman–Crippen LogP) is 2.29. The van der Waals surface area contributed by atoms with Gasteiger partial charge in [0, 0.05) is 45.0 Å². The molecule has 1 aromatic heterocycles. The van der Waals surface area contributed by atoms with Crippen LogP contribution in [0.15, 0.2) is 12.1 Å². The average Bonchev–Trinajstić information content (AvgIpc) is 3.04. The molecule has 2 fully saturated rings. The van der Waals surface area contributed by atoms with Crippen LogP contribution in [0.4, 0.5) is 14.9 Å². The zero-order chi connectivity index (χ0) is 23.2. The lowest BCUT2D eigenvalue weighted by Crippen LogP contribution is -2.50. The first-order valence-electron chi connectivity index (χ1n) is 10.8. The number of hydrogen-bond acceptors (Lipinski definition) is 6. The second-order valence-corrected chi connectivity index (χ2v) is 9.26. The number of carbonyl (C=O) groups excluding carboxylic acids is 3. The van der Waals surface area contributed by atoms with Crippen molar-refractivity contribution in [1.29, 1.82) is 0 Å². The Balaban J connectivity index is 1.55. The van der Waals surface area contributed by atoms with Gasteiger partial charge >= 0.3 is 6.09 Å². The number of aromatic nitrogens is 2. The number of hydrogen-bond donors (Lipinski definition) is 1. The molecule has 0 saturated carbocycles. The van der Waals surface area contributed by atoms with E-state index in [-0.39, 0.29) is 18.4 Å². The number of amides is 3. The van der Waals surface area contributed by atoms with Crippen LogP contribution in [-0.2, 0) is 21.4 Å². The van der Waals surface area contributed by atoms with Crippen LogP contribution in [0.25, 0.3) is 10.9 Å². The number of ether oxygens (including phenoxy) is 1. The van der Waals surface area contributed by atoms with Crippen LogP contribution in [-0.4, -0.2) is 64.4 Å². The number of carbonyl (C=O) groups is 3. The Morgan fingerprint density at radius 1 is 1.19 bits per heavy atom. The molecule has 10 heteroatoms. The summed E-state index contributed by atoms with van der Waals surface area (Å²) in [5.74, 6) is -1.70. The maximum Gasteiger partial charge on any atom is 0.410 e. The van der Waals surface area contributed by atoms with Gasteiger partial charge in [-0.2, -0.15) is 5.10 Å². The number of benzene rings is 1. The molecule has 0 radical (unpaired) electrons. The van der Waals surface area contributed by atoms with E-state index < -0.39 is 23.2 Å². The van der Waals surface area contributed by atoms with E-state index in [0.717, 1.165) is 0 Å². The third-order valence-corrected chi connectivity index (χ3v) is 5.79. The third kappa shape index (κ3) is 4.13. The Morgan fingerprint density at radius 3 is 2.50 bits per heavy atom. The summed E-state index contributed by atoms with van der Waals surface area (Å²) >= 11 is 0. The van der Waals surface area contributed by atoms with Gasteiger partial charge in [0.15, 0.2) is 5.82 Å². The second kappa shape index (κ2) is 8.07. The van der Waals surface area contributed by atoms with Crippen molar-refractivity contribution in [3.05, 3.63) is 23.6 Å². The number of anilines is 1. The Morgan fingerprint density at radius 2 is 1.88 bits per heavy atom. The van der Waals surface area contributed by atoms with Crippen LogP contribution >= 0.6 is 0 Å². The monoisotopic (exact) mass is 445 g/mol. The molecule has 9 nitrogen and oxygen atoms in total. The average molecular weight is 445 g/mol. The van der Waals surface area contributed by atoms with Crippen LogP contribution in [0.2, 0.25) is 0 Å². The molecule has 0 spiro atoms. The minimum Gasteiger partial charge on any atom is -0.444 e. The Kier molecular flexibility index (Phi) is 5.56. The first-order valence-corrected chi connectivity index (χ1v) is 10.8. The summed E-state index contributed by atoms with van der Waals surface area (Å²) in [4.78, 5) is 39.6. The van der Waals surface area contributed by atoms with Crippen LogP contribution in [0, 0.1) is 5.82 Å². The van der Waals surface area contributed by atoms with E-state index in [1.807, 2.05) is 25.7 Å². The molecule has 2 aromatic rings. The highest BCUT2D eigenvalue weighted by atomic mass is 19.1. The van der Waals surface area contributed by atoms with Crippen LogP contribution in [0.1, 0.15) is 45.2 Å². The lowest BCUT2D eigenvalue weighted by molar-refractivity contribution is -0.134. The summed E-state index contributed by atoms with van der Waals surface area (Å²) in [7, 11) is 1.64. The number of piperidine rings is 1. The Labute approximate surface area is 185 Å². The topological polar surface area (TPSA) is 96.8 Å². The SMILES string of the molecule is Cn1nc(C2CCC(=O)NC2=O)c2ccc(N3CCN(C(=O)OC(C)(C)C)CC3)c(F)c21. The van der Waals surface area contributed by atoms with E-state index in [2.05, 4.69) is 10.4 Å². The summed E-state index contributed by atoms with van der Waals surface area (Å²) in [5.41, 5.74) is 0.661. The number of nitrogens with zero attached hydrogens (tertiary/aromatic N) is 4. The molecule has 2 saturated heterocycles. The molecule has 3 amide bonds. The van der Waals surface area contributed by atoms with Crippen molar-refractivity contribution < 1.29 is 23.5 Å². The number of fused-ring (bicyclic) bond motifs is 1. The molecule has 32 heavy (non-hydrogen) atoms. The van der Waals surface area contributed by atoms with E-state index >= 15 is 4.39 Å². The lowest BCUT2D eigenvalue weighted by Gasteiger charge is -2.36. The molecule has 1 N–H and O–H groups in total. The number of halogens is 1. The van der Waals surface area contributed by atoms with Crippen molar-refractivity contribution in [3.8, 4) is 0 Å². The Bertz CT molecular complexity index is 1080. The van der Waals surface area contributed by atoms with E-state index in [1.54, 1.807) is 24.1 Å². The van der Waals surface area contributed by atoms with Gasteiger partial charge in [-0.15, -0.1) is 0 Å². The molecule has 4 rings (SSSR count). The maximum atomic E-state index is 15.6.